The molecular weight excluding hydrogens is 438 g/mol. The maximum absolute atomic E-state index is 12.7. The second-order valence-electron chi connectivity index (χ2n) is 5.68. The lowest BCUT2D eigenvalue weighted by Gasteiger charge is -2.08. The minimum Gasteiger partial charge on any atom is -0.311 e. The summed E-state index contributed by atoms with van der Waals surface area (Å²) in [5.74, 6) is -0.532. The summed E-state index contributed by atoms with van der Waals surface area (Å²) in [5, 5.41) is 3.77. The van der Waals surface area contributed by atoms with E-state index in [1.807, 2.05) is 18.2 Å². The minimum atomic E-state index is -0.327. The van der Waals surface area contributed by atoms with E-state index in [1.165, 1.54) is 0 Å². The van der Waals surface area contributed by atoms with Crippen molar-refractivity contribution in [2.24, 2.45) is 4.99 Å². The summed E-state index contributed by atoms with van der Waals surface area (Å²) < 4.78 is 0.843. The molecule has 1 fully saturated rings. The normalized spacial score (nSPS) is 20.7. The number of fused-ring (bicyclic) bond motifs is 1. The molecule has 26 heavy (non-hydrogen) atoms. The van der Waals surface area contributed by atoms with E-state index >= 15 is 0 Å². The molecule has 0 atom stereocenters. The Balaban J connectivity index is 1.76. The molecule has 5 nitrogen and oxygen atoms in total. The van der Waals surface area contributed by atoms with Gasteiger partial charge in [-0.05, 0) is 54.2 Å². The standard InChI is InChI=1S/C18H11BrClN3O2S/c1-23-13-7-2-9(19)8-12(13)14(17(23)25)15-16(24)22-18(26-15)21-11-5-3-10(20)4-6-11/h2-8H,1H3,(H,21,22,24)/b15-14-. The van der Waals surface area contributed by atoms with Crippen LogP contribution in [0.3, 0.4) is 0 Å². The van der Waals surface area contributed by atoms with Crippen LogP contribution in [0.4, 0.5) is 11.4 Å². The molecule has 2 aromatic carbocycles. The molecule has 1 saturated heterocycles. The van der Waals surface area contributed by atoms with Crippen LogP contribution in [0.25, 0.3) is 5.57 Å². The topological polar surface area (TPSA) is 61.8 Å². The number of hydrogen-bond acceptors (Lipinski definition) is 4. The molecule has 2 heterocycles. The minimum absolute atomic E-state index is 0.205. The van der Waals surface area contributed by atoms with Gasteiger partial charge in [-0.25, -0.2) is 4.99 Å². The van der Waals surface area contributed by atoms with Gasteiger partial charge in [0.2, 0.25) is 0 Å². The maximum Gasteiger partial charge on any atom is 0.264 e. The number of aliphatic imine (C=N–C) groups is 1. The Labute approximate surface area is 167 Å². The number of amidine groups is 1. The number of halogens is 2. The molecule has 8 heteroatoms. The van der Waals surface area contributed by atoms with Gasteiger partial charge in [-0.15, -0.1) is 0 Å². The second kappa shape index (κ2) is 6.57. The predicted molar refractivity (Wildman–Crippen MR) is 109 cm³/mol. The number of carbonyl (C=O) groups excluding carboxylic acids is 2. The van der Waals surface area contributed by atoms with Crippen molar-refractivity contribution in [2.45, 2.75) is 0 Å². The van der Waals surface area contributed by atoms with Crippen LogP contribution in [-0.2, 0) is 9.59 Å². The third-order valence-electron chi connectivity index (χ3n) is 4.02. The zero-order valence-corrected chi connectivity index (χ0v) is 16.6. The number of benzene rings is 2. The number of likely N-dealkylation sites (N-methyl/N-ethyl adjacent to an activating group) is 1. The SMILES string of the molecule is CN1C(=O)/C(=C2\SC(=Nc3ccc(Cl)cc3)NC2=O)c2cc(Br)ccc21. The first-order valence-electron chi connectivity index (χ1n) is 7.60. The van der Waals surface area contributed by atoms with Gasteiger partial charge in [-0.1, -0.05) is 27.5 Å². The lowest BCUT2D eigenvalue weighted by molar-refractivity contribution is -0.116. The molecular formula is C18H11BrClN3O2S. The lowest BCUT2D eigenvalue weighted by atomic mass is 10.1. The average molecular weight is 449 g/mol. The van der Waals surface area contributed by atoms with E-state index in [4.69, 9.17) is 11.6 Å². The Morgan fingerprint density at radius 2 is 1.88 bits per heavy atom. The van der Waals surface area contributed by atoms with Crippen molar-refractivity contribution in [2.75, 3.05) is 11.9 Å². The highest BCUT2D eigenvalue weighted by Gasteiger charge is 2.38. The first kappa shape index (κ1) is 17.3. The number of amides is 2. The molecule has 0 radical (unpaired) electrons. The third kappa shape index (κ3) is 2.96. The van der Waals surface area contributed by atoms with E-state index < -0.39 is 0 Å². The van der Waals surface area contributed by atoms with Crippen molar-refractivity contribution >= 4 is 73.2 Å². The number of rotatable bonds is 1. The number of thioether (sulfide) groups is 1. The van der Waals surface area contributed by atoms with Crippen molar-refractivity contribution in [3.05, 3.63) is 62.4 Å². The number of nitrogens with one attached hydrogen (secondary N) is 1. The Bertz CT molecular complexity index is 1020. The molecule has 0 aliphatic carbocycles. The molecule has 2 aromatic rings. The van der Waals surface area contributed by atoms with Crippen LogP contribution in [-0.4, -0.2) is 24.0 Å². The predicted octanol–water partition coefficient (Wildman–Crippen LogP) is 4.34. The molecule has 130 valence electrons. The molecule has 0 aromatic heterocycles. The van der Waals surface area contributed by atoms with Crippen molar-refractivity contribution in [3.63, 3.8) is 0 Å². The van der Waals surface area contributed by atoms with Gasteiger partial charge in [0.15, 0.2) is 5.17 Å². The molecule has 2 amide bonds. The maximum atomic E-state index is 12.7. The van der Waals surface area contributed by atoms with Crippen molar-refractivity contribution in [3.8, 4) is 0 Å². The first-order valence-corrected chi connectivity index (χ1v) is 9.58. The van der Waals surface area contributed by atoms with E-state index in [0.717, 1.165) is 27.5 Å². The van der Waals surface area contributed by atoms with E-state index in [1.54, 1.807) is 36.2 Å². The smallest absolute Gasteiger partial charge is 0.264 e. The van der Waals surface area contributed by atoms with E-state index in [9.17, 15) is 9.59 Å². The molecule has 0 spiro atoms. The fraction of sp³-hybridized carbons (Fsp3) is 0.0556. The van der Waals surface area contributed by atoms with Gasteiger partial charge in [-0.2, -0.15) is 0 Å². The molecule has 4 rings (SSSR count). The summed E-state index contributed by atoms with van der Waals surface area (Å²) in [5.41, 5.74) is 2.57. The van der Waals surface area contributed by atoms with Crippen LogP contribution >= 0.6 is 39.3 Å². The Morgan fingerprint density at radius 1 is 1.15 bits per heavy atom. The summed E-state index contributed by atoms with van der Waals surface area (Å²) >= 11 is 10.5. The monoisotopic (exact) mass is 447 g/mol. The number of nitrogens with zero attached hydrogens (tertiary/aromatic N) is 2. The Kier molecular flexibility index (Phi) is 4.38. The fourth-order valence-corrected chi connectivity index (χ4v) is 4.20. The zero-order valence-electron chi connectivity index (χ0n) is 13.4. The Morgan fingerprint density at radius 3 is 2.62 bits per heavy atom. The van der Waals surface area contributed by atoms with Crippen LogP contribution < -0.4 is 10.2 Å². The van der Waals surface area contributed by atoms with Crippen molar-refractivity contribution in [1.29, 1.82) is 0 Å². The average Bonchev–Trinajstić information content (AvgIpc) is 3.07. The van der Waals surface area contributed by atoms with E-state index in [2.05, 4.69) is 26.2 Å². The molecule has 1 N–H and O–H groups in total. The van der Waals surface area contributed by atoms with Gasteiger partial charge < -0.3 is 10.2 Å². The molecule has 2 aliphatic rings. The lowest BCUT2D eigenvalue weighted by Crippen LogP contribution is -2.23. The number of hydrogen-bond donors (Lipinski definition) is 1. The van der Waals surface area contributed by atoms with Crippen molar-refractivity contribution in [1.82, 2.24) is 5.32 Å². The van der Waals surface area contributed by atoms with Gasteiger partial charge in [0.05, 0.1) is 21.9 Å². The molecule has 2 aliphatic heterocycles. The zero-order chi connectivity index (χ0) is 18.4. The molecule has 0 bridgehead atoms. The van der Waals surface area contributed by atoms with Crippen LogP contribution in [0.2, 0.25) is 5.02 Å². The number of anilines is 1. The first-order chi connectivity index (χ1) is 12.4. The van der Waals surface area contributed by atoms with Gasteiger partial charge in [-0.3, -0.25) is 9.59 Å². The summed E-state index contributed by atoms with van der Waals surface area (Å²) in [6.07, 6.45) is 0. The molecule has 0 unspecified atom stereocenters. The Hall–Kier alpha value is -2.09. The highest BCUT2D eigenvalue weighted by molar-refractivity contribution is 9.10. The fourth-order valence-electron chi connectivity index (χ4n) is 2.78. The van der Waals surface area contributed by atoms with E-state index in [0.29, 0.717) is 26.4 Å². The van der Waals surface area contributed by atoms with Crippen LogP contribution in [0.1, 0.15) is 5.56 Å². The summed E-state index contributed by atoms with van der Waals surface area (Å²) in [6, 6.07) is 12.5. The quantitative estimate of drug-likeness (QED) is 0.660. The summed E-state index contributed by atoms with van der Waals surface area (Å²) in [6.45, 7) is 0. The number of carbonyl (C=O) groups is 2. The van der Waals surface area contributed by atoms with Crippen LogP contribution in [0.5, 0.6) is 0 Å². The third-order valence-corrected chi connectivity index (χ3v) is 5.74. The summed E-state index contributed by atoms with van der Waals surface area (Å²) in [7, 11) is 1.70. The highest BCUT2D eigenvalue weighted by Crippen LogP contribution is 2.43. The van der Waals surface area contributed by atoms with E-state index in [-0.39, 0.29) is 11.8 Å². The second-order valence-corrected chi connectivity index (χ2v) is 8.03. The van der Waals surface area contributed by atoms with Gasteiger partial charge in [0, 0.05) is 22.1 Å². The van der Waals surface area contributed by atoms with Gasteiger partial charge in [0.1, 0.15) is 0 Å². The van der Waals surface area contributed by atoms with Gasteiger partial charge in [0.25, 0.3) is 11.8 Å². The van der Waals surface area contributed by atoms with Gasteiger partial charge >= 0.3 is 0 Å². The summed E-state index contributed by atoms with van der Waals surface area (Å²) in [4.78, 5) is 31.5. The van der Waals surface area contributed by atoms with Crippen molar-refractivity contribution < 1.29 is 9.59 Å². The van der Waals surface area contributed by atoms with Crippen LogP contribution in [0.15, 0.2) is 56.8 Å². The molecule has 0 saturated carbocycles. The largest absolute Gasteiger partial charge is 0.311 e. The highest BCUT2D eigenvalue weighted by atomic mass is 79.9. The van der Waals surface area contributed by atoms with Crippen LogP contribution in [0, 0.1) is 0 Å².